The van der Waals surface area contributed by atoms with Gasteiger partial charge in [-0.3, -0.25) is 0 Å². The number of halogens is 3. The Morgan fingerprint density at radius 3 is 2.16 bits per heavy atom. The number of hydrogen-bond acceptors (Lipinski definition) is 4. The molecule has 7 nitrogen and oxygen atoms in total. The molecule has 0 aliphatic rings. The third-order valence-corrected chi connectivity index (χ3v) is 4.92. The first-order chi connectivity index (χ1) is 15.3. The molecule has 0 unspecified atom stereocenters. The zero-order chi connectivity index (χ0) is 23.1. The minimum Gasteiger partial charge on any atom is -0.497 e. The largest absolute Gasteiger partial charge is 0.497 e. The lowest BCUT2D eigenvalue weighted by Gasteiger charge is -2.13. The van der Waals surface area contributed by atoms with E-state index < -0.39 is 11.7 Å². The van der Waals surface area contributed by atoms with E-state index in [-0.39, 0.29) is 0 Å². The van der Waals surface area contributed by atoms with E-state index in [0.717, 1.165) is 35.1 Å². The molecule has 0 spiro atoms. The topological polar surface area (TPSA) is 76.4 Å². The van der Waals surface area contributed by atoms with Gasteiger partial charge < -0.3 is 19.9 Å². The SMILES string of the molecule is COc1ccc(CN=C(NCc2ccc(C(F)(F)F)cc2)NCc2nnc(C)n2C)cc1. The molecule has 170 valence electrons. The summed E-state index contributed by atoms with van der Waals surface area (Å²) in [5.74, 6) is 2.78. The number of hydrogen-bond donors (Lipinski definition) is 2. The van der Waals surface area contributed by atoms with Crippen LogP contribution in [0.5, 0.6) is 5.75 Å². The molecule has 0 aliphatic heterocycles. The summed E-state index contributed by atoms with van der Waals surface area (Å²) in [6.07, 6.45) is -4.35. The summed E-state index contributed by atoms with van der Waals surface area (Å²) in [4.78, 5) is 4.59. The Hall–Kier alpha value is -3.56. The Morgan fingerprint density at radius 1 is 0.969 bits per heavy atom. The van der Waals surface area contributed by atoms with Crippen LogP contribution in [-0.2, 0) is 32.9 Å². The zero-order valence-corrected chi connectivity index (χ0v) is 18.1. The molecule has 0 fully saturated rings. The van der Waals surface area contributed by atoms with Crippen LogP contribution in [0.2, 0.25) is 0 Å². The lowest BCUT2D eigenvalue weighted by molar-refractivity contribution is -0.137. The Kier molecular flexibility index (Phi) is 7.34. The van der Waals surface area contributed by atoms with Crippen molar-refractivity contribution in [3.8, 4) is 5.75 Å². The van der Waals surface area contributed by atoms with Gasteiger partial charge in [-0.15, -0.1) is 10.2 Å². The summed E-state index contributed by atoms with van der Waals surface area (Å²) in [6.45, 7) is 2.96. The zero-order valence-electron chi connectivity index (χ0n) is 18.1. The average molecular weight is 446 g/mol. The number of nitrogens with one attached hydrogen (secondary N) is 2. The quantitative estimate of drug-likeness (QED) is 0.429. The van der Waals surface area contributed by atoms with Gasteiger partial charge in [0.1, 0.15) is 11.6 Å². The monoisotopic (exact) mass is 446 g/mol. The molecule has 1 aromatic heterocycles. The molecule has 0 saturated carbocycles. The Balaban J connectivity index is 1.69. The van der Waals surface area contributed by atoms with E-state index in [4.69, 9.17) is 4.74 Å². The molecule has 0 radical (unpaired) electrons. The summed E-state index contributed by atoms with van der Waals surface area (Å²) < 4.78 is 45.4. The highest BCUT2D eigenvalue weighted by atomic mass is 19.4. The van der Waals surface area contributed by atoms with E-state index in [9.17, 15) is 13.2 Å². The standard InChI is InChI=1S/C22H25F3N6O/c1-15-29-30-20(31(15)2)14-28-21(27-13-17-6-10-19(32-3)11-7-17)26-12-16-4-8-18(9-5-16)22(23,24)25/h4-11H,12-14H2,1-3H3,(H2,26,27,28). The minimum atomic E-state index is -4.35. The molecule has 0 bridgehead atoms. The van der Waals surface area contributed by atoms with Crippen molar-refractivity contribution in [2.45, 2.75) is 32.7 Å². The molecule has 10 heteroatoms. The Labute approximate surface area is 184 Å². The van der Waals surface area contributed by atoms with Gasteiger partial charge >= 0.3 is 6.18 Å². The number of benzene rings is 2. The van der Waals surface area contributed by atoms with Gasteiger partial charge in [-0.1, -0.05) is 24.3 Å². The van der Waals surface area contributed by atoms with Crippen molar-refractivity contribution in [2.75, 3.05) is 7.11 Å². The van der Waals surface area contributed by atoms with E-state index in [1.807, 2.05) is 42.8 Å². The van der Waals surface area contributed by atoms with Crippen molar-refractivity contribution in [3.05, 3.63) is 76.9 Å². The highest BCUT2D eigenvalue weighted by Gasteiger charge is 2.29. The van der Waals surface area contributed by atoms with Crippen LogP contribution in [0.25, 0.3) is 0 Å². The van der Waals surface area contributed by atoms with Crippen molar-refractivity contribution in [2.24, 2.45) is 12.0 Å². The third-order valence-electron chi connectivity index (χ3n) is 4.92. The van der Waals surface area contributed by atoms with Crippen LogP contribution < -0.4 is 15.4 Å². The average Bonchev–Trinajstić information content (AvgIpc) is 3.11. The van der Waals surface area contributed by atoms with Crippen molar-refractivity contribution in [1.82, 2.24) is 25.4 Å². The number of methoxy groups -OCH3 is 1. The Morgan fingerprint density at radius 2 is 1.59 bits per heavy atom. The summed E-state index contributed by atoms with van der Waals surface area (Å²) in [6, 6.07) is 12.6. The van der Waals surface area contributed by atoms with Crippen LogP contribution in [0.4, 0.5) is 13.2 Å². The predicted octanol–water partition coefficient (Wildman–Crippen LogP) is 3.59. The molecule has 32 heavy (non-hydrogen) atoms. The molecule has 2 aromatic carbocycles. The van der Waals surface area contributed by atoms with E-state index in [2.05, 4.69) is 25.8 Å². The molecule has 2 N–H and O–H groups in total. The highest BCUT2D eigenvalue weighted by molar-refractivity contribution is 5.79. The molecule has 0 amide bonds. The summed E-state index contributed by atoms with van der Waals surface area (Å²) >= 11 is 0. The maximum atomic E-state index is 12.8. The fourth-order valence-electron chi connectivity index (χ4n) is 2.84. The van der Waals surface area contributed by atoms with Gasteiger partial charge in [-0.25, -0.2) is 4.99 Å². The fourth-order valence-corrected chi connectivity index (χ4v) is 2.84. The van der Waals surface area contributed by atoms with E-state index in [1.54, 1.807) is 7.11 Å². The fraction of sp³-hybridized carbons (Fsp3) is 0.318. The second-order valence-corrected chi connectivity index (χ2v) is 7.14. The molecule has 3 rings (SSSR count). The van der Waals surface area contributed by atoms with Gasteiger partial charge in [0.25, 0.3) is 0 Å². The van der Waals surface area contributed by atoms with Crippen molar-refractivity contribution in [3.63, 3.8) is 0 Å². The lowest BCUT2D eigenvalue weighted by Crippen LogP contribution is -2.37. The van der Waals surface area contributed by atoms with Crippen LogP contribution in [0.1, 0.15) is 28.3 Å². The number of ether oxygens (including phenoxy) is 1. The van der Waals surface area contributed by atoms with Crippen LogP contribution in [-0.4, -0.2) is 27.8 Å². The number of nitrogens with zero attached hydrogens (tertiary/aromatic N) is 4. The molecule has 3 aromatic rings. The van der Waals surface area contributed by atoms with Crippen LogP contribution in [0.15, 0.2) is 53.5 Å². The smallest absolute Gasteiger partial charge is 0.416 e. The lowest BCUT2D eigenvalue weighted by atomic mass is 10.1. The molecular weight excluding hydrogens is 421 g/mol. The second-order valence-electron chi connectivity index (χ2n) is 7.14. The van der Waals surface area contributed by atoms with Gasteiger partial charge in [-0.05, 0) is 42.3 Å². The van der Waals surface area contributed by atoms with Crippen molar-refractivity contribution >= 4 is 5.96 Å². The van der Waals surface area contributed by atoms with Crippen LogP contribution in [0, 0.1) is 6.92 Å². The second kappa shape index (κ2) is 10.2. The number of rotatable bonds is 7. The van der Waals surface area contributed by atoms with E-state index >= 15 is 0 Å². The highest BCUT2D eigenvalue weighted by Crippen LogP contribution is 2.29. The number of guanidine groups is 1. The minimum absolute atomic E-state index is 0.310. The van der Waals surface area contributed by atoms with Crippen molar-refractivity contribution in [1.29, 1.82) is 0 Å². The summed E-state index contributed by atoms with van der Waals surface area (Å²) in [7, 11) is 3.48. The molecule has 0 saturated heterocycles. The molecule has 1 heterocycles. The summed E-state index contributed by atoms with van der Waals surface area (Å²) in [5, 5.41) is 14.5. The van der Waals surface area contributed by atoms with Gasteiger partial charge in [0.05, 0.1) is 25.8 Å². The maximum absolute atomic E-state index is 12.8. The van der Waals surface area contributed by atoms with Gasteiger partial charge in [0.2, 0.25) is 0 Å². The van der Waals surface area contributed by atoms with Crippen molar-refractivity contribution < 1.29 is 17.9 Å². The first kappa shape index (κ1) is 23.1. The van der Waals surface area contributed by atoms with Crippen LogP contribution in [0.3, 0.4) is 0 Å². The molecule has 0 atom stereocenters. The van der Waals surface area contributed by atoms with Gasteiger partial charge in [-0.2, -0.15) is 13.2 Å². The predicted molar refractivity (Wildman–Crippen MR) is 115 cm³/mol. The maximum Gasteiger partial charge on any atom is 0.416 e. The van der Waals surface area contributed by atoms with Gasteiger partial charge in [0, 0.05) is 13.6 Å². The number of aryl methyl sites for hydroxylation is 1. The normalized spacial score (nSPS) is 12.0. The molecule has 0 aliphatic carbocycles. The van der Waals surface area contributed by atoms with Gasteiger partial charge in [0.15, 0.2) is 11.8 Å². The first-order valence-corrected chi connectivity index (χ1v) is 9.92. The summed E-state index contributed by atoms with van der Waals surface area (Å²) in [5.41, 5.74) is 1.01. The number of aliphatic imine (C=N–C) groups is 1. The van der Waals surface area contributed by atoms with Crippen LogP contribution >= 0.6 is 0 Å². The van der Waals surface area contributed by atoms with E-state index in [1.165, 1.54) is 12.1 Å². The third kappa shape index (κ3) is 6.22. The number of alkyl halides is 3. The van der Waals surface area contributed by atoms with E-state index in [0.29, 0.717) is 31.2 Å². The first-order valence-electron chi connectivity index (χ1n) is 9.92. The molecular formula is C22H25F3N6O. The Bertz CT molecular complexity index is 1040. The number of aromatic nitrogens is 3.